The lowest BCUT2D eigenvalue weighted by Crippen LogP contribution is -2.59. The van der Waals surface area contributed by atoms with Crippen LogP contribution in [0.5, 0.6) is 0 Å². The first kappa shape index (κ1) is 16.0. The summed E-state index contributed by atoms with van der Waals surface area (Å²) in [7, 11) is 2.01. The Labute approximate surface area is 146 Å². The lowest BCUT2D eigenvalue weighted by atomic mass is 10.1. The Bertz CT molecular complexity index is 757. The number of rotatable bonds is 4. The van der Waals surface area contributed by atoms with Crippen LogP contribution in [0, 0.1) is 11.3 Å². The highest BCUT2D eigenvalue weighted by Crippen LogP contribution is 2.30. The van der Waals surface area contributed by atoms with Gasteiger partial charge in [0, 0.05) is 38.7 Å². The van der Waals surface area contributed by atoms with E-state index in [0.29, 0.717) is 17.6 Å². The van der Waals surface area contributed by atoms with Gasteiger partial charge in [0.2, 0.25) is 0 Å². The molecular formula is C14H14BrN7S. The van der Waals surface area contributed by atoms with Gasteiger partial charge in [0.1, 0.15) is 11.9 Å². The first-order chi connectivity index (χ1) is 11.1. The van der Waals surface area contributed by atoms with Gasteiger partial charge < -0.3 is 9.80 Å². The molecule has 1 aliphatic rings. The monoisotopic (exact) mass is 391 g/mol. The van der Waals surface area contributed by atoms with Crippen molar-refractivity contribution in [1.29, 1.82) is 5.26 Å². The first-order valence-electron chi connectivity index (χ1n) is 6.89. The summed E-state index contributed by atoms with van der Waals surface area (Å²) in [4.78, 5) is 21.3. The molecule has 0 N–H and O–H groups in total. The van der Waals surface area contributed by atoms with E-state index in [1.54, 1.807) is 12.4 Å². The number of nitriles is 1. The second-order valence-corrected chi connectivity index (χ2v) is 6.67. The molecular weight excluding hydrogens is 378 g/mol. The number of nitrogens with zero attached hydrogens (tertiary/aromatic N) is 7. The third kappa shape index (κ3) is 3.09. The second kappa shape index (κ2) is 6.68. The van der Waals surface area contributed by atoms with E-state index in [9.17, 15) is 0 Å². The lowest BCUT2D eigenvalue weighted by molar-refractivity contribution is 0.487. The van der Waals surface area contributed by atoms with Crippen molar-refractivity contribution < 1.29 is 0 Å². The minimum atomic E-state index is 0.296. The molecule has 0 aliphatic carbocycles. The van der Waals surface area contributed by atoms with Crippen molar-refractivity contribution in [1.82, 2.24) is 19.9 Å². The average Bonchev–Trinajstić information content (AvgIpc) is 2.54. The predicted octanol–water partition coefficient (Wildman–Crippen LogP) is 1.95. The van der Waals surface area contributed by atoms with Gasteiger partial charge in [0.15, 0.2) is 16.7 Å². The molecule has 2 aromatic rings. The van der Waals surface area contributed by atoms with Crippen molar-refractivity contribution in [2.24, 2.45) is 0 Å². The molecule has 0 aromatic carbocycles. The highest BCUT2D eigenvalue weighted by molar-refractivity contribution is 9.10. The van der Waals surface area contributed by atoms with E-state index < -0.39 is 0 Å². The molecule has 0 spiro atoms. The molecule has 0 bridgehead atoms. The summed E-state index contributed by atoms with van der Waals surface area (Å²) in [5, 5.41) is 9.86. The normalized spacial score (nSPS) is 14.3. The van der Waals surface area contributed by atoms with Crippen LogP contribution in [0.25, 0.3) is 0 Å². The van der Waals surface area contributed by atoms with Crippen LogP contribution in [0.3, 0.4) is 0 Å². The standard InChI is InChI=1S/C14H14BrN7S/c1-21(12-10(15)6-19-14(20-12)23-2)9-7-22(8-9)13-11(5-16)17-3-4-18-13/h3-4,6,9H,7-8H2,1-2H3. The topological polar surface area (TPSA) is 81.8 Å². The van der Waals surface area contributed by atoms with Gasteiger partial charge in [-0.15, -0.1) is 0 Å². The fraction of sp³-hybridized carbons (Fsp3) is 0.357. The molecule has 7 nitrogen and oxygen atoms in total. The van der Waals surface area contributed by atoms with Gasteiger partial charge >= 0.3 is 0 Å². The molecule has 0 unspecified atom stereocenters. The summed E-state index contributed by atoms with van der Waals surface area (Å²) >= 11 is 5.02. The molecule has 23 heavy (non-hydrogen) atoms. The summed E-state index contributed by atoms with van der Waals surface area (Å²) in [6, 6.07) is 2.38. The number of thioether (sulfide) groups is 1. The zero-order chi connectivity index (χ0) is 16.4. The largest absolute Gasteiger partial charge is 0.352 e. The molecule has 9 heteroatoms. The zero-order valence-corrected chi connectivity index (χ0v) is 15.0. The molecule has 0 radical (unpaired) electrons. The predicted molar refractivity (Wildman–Crippen MR) is 92.7 cm³/mol. The van der Waals surface area contributed by atoms with Gasteiger partial charge in [-0.3, -0.25) is 0 Å². The fourth-order valence-electron chi connectivity index (χ4n) is 2.38. The third-order valence-corrected chi connectivity index (χ3v) is 4.84. The highest BCUT2D eigenvalue weighted by atomic mass is 79.9. The van der Waals surface area contributed by atoms with E-state index in [0.717, 1.165) is 28.5 Å². The maximum atomic E-state index is 9.12. The van der Waals surface area contributed by atoms with Crippen LogP contribution in [-0.4, -0.2) is 52.4 Å². The van der Waals surface area contributed by atoms with Crippen LogP contribution in [0.15, 0.2) is 28.2 Å². The molecule has 0 atom stereocenters. The molecule has 1 saturated heterocycles. The van der Waals surface area contributed by atoms with Crippen molar-refractivity contribution in [2.75, 3.05) is 36.2 Å². The minimum absolute atomic E-state index is 0.296. The van der Waals surface area contributed by atoms with Crippen molar-refractivity contribution in [3.8, 4) is 6.07 Å². The van der Waals surface area contributed by atoms with Gasteiger partial charge in [0.25, 0.3) is 0 Å². The Morgan fingerprint density at radius 2 is 2.09 bits per heavy atom. The van der Waals surface area contributed by atoms with E-state index in [-0.39, 0.29) is 0 Å². The van der Waals surface area contributed by atoms with Crippen molar-refractivity contribution in [3.05, 3.63) is 28.8 Å². The maximum absolute atomic E-state index is 9.12. The number of likely N-dealkylation sites (N-methyl/N-ethyl adjacent to an activating group) is 1. The van der Waals surface area contributed by atoms with Crippen LogP contribution >= 0.6 is 27.7 Å². The van der Waals surface area contributed by atoms with Crippen LogP contribution in [0.4, 0.5) is 11.6 Å². The molecule has 3 rings (SSSR count). The molecule has 0 amide bonds. The Morgan fingerprint density at radius 3 is 2.78 bits per heavy atom. The van der Waals surface area contributed by atoms with E-state index >= 15 is 0 Å². The average molecular weight is 392 g/mol. The zero-order valence-electron chi connectivity index (χ0n) is 12.6. The SMILES string of the molecule is CSc1ncc(Br)c(N(C)C2CN(c3nccnc3C#N)C2)n1. The summed E-state index contributed by atoms with van der Waals surface area (Å²) in [6.07, 6.45) is 6.87. The summed E-state index contributed by atoms with van der Waals surface area (Å²) in [6.45, 7) is 1.55. The maximum Gasteiger partial charge on any atom is 0.189 e. The number of hydrogen-bond donors (Lipinski definition) is 0. The van der Waals surface area contributed by atoms with Crippen LogP contribution in [-0.2, 0) is 0 Å². The molecule has 2 aromatic heterocycles. The summed E-state index contributed by atoms with van der Waals surface area (Å²) in [5.41, 5.74) is 0.362. The van der Waals surface area contributed by atoms with Gasteiger partial charge in [-0.1, -0.05) is 11.8 Å². The quantitative estimate of drug-likeness (QED) is 0.577. The smallest absolute Gasteiger partial charge is 0.189 e. The molecule has 0 saturated carbocycles. The Kier molecular flexibility index (Phi) is 4.63. The van der Waals surface area contributed by atoms with E-state index in [1.165, 1.54) is 18.0 Å². The first-order valence-corrected chi connectivity index (χ1v) is 8.91. The highest BCUT2D eigenvalue weighted by Gasteiger charge is 2.34. The Balaban J connectivity index is 1.73. The van der Waals surface area contributed by atoms with E-state index in [1.807, 2.05) is 13.3 Å². The van der Waals surface area contributed by atoms with Gasteiger partial charge in [-0.05, 0) is 22.2 Å². The van der Waals surface area contributed by atoms with Crippen molar-refractivity contribution in [2.45, 2.75) is 11.2 Å². The Morgan fingerprint density at radius 1 is 1.35 bits per heavy atom. The van der Waals surface area contributed by atoms with Crippen LogP contribution in [0.2, 0.25) is 0 Å². The second-order valence-electron chi connectivity index (χ2n) is 5.04. The molecule has 3 heterocycles. The van der Waals surface area contributed by atoms with Crippen molar-refractivity contribution in [3.63, 3.8) is 0 Å². The van der Waals surface area contributed by atoms with Crippen molar-refractivity contribution >= 4 is 39.3 Å². The summed E-state index contributed by atoms with van der Waals surface area (Å²) in [5.74, 6) is 1.51. The van der Waals surface area contributed by atoms with Crippen LogP contribution in [0.1, 0.15) is 5.69 Å². The van der Waals surface area contributed by atoms with Gasteiger partial charge in [-0.2, -0.15) is 5.26 Å². The molecule has 1 aliphatic heterocycles. The van der Waals surface area contributed by atoms with Gasteiger partial charge in [0.05, 0.1) is 10.5 Å². The number of aromatic nitrogens is 4. The lowest BCUT2D eigenvalue weighted by Gasteiger charge is -2.45. The summed E-state index contributed by atoms with van der Waals surface area (Å²) < 4.78 is 0.869. The van der Waals surface area contributed by atoms with Crippen LogP contribution < -0.4 is 9.80 Å². The number of anilines is 2. The number of halogens is 1. The number of hydrogen-bond acceptors (Lipinski definition) is 8. The third-order valence-electron chi connectivity index (χ3n) is 3.71. The minimum Gasteiger partial charge on any atom is -0.352 e. The van der Waals surface area contributed by atoms with E-state index in [2.05, 4.69) is 51.7 Å². The Hall–Kier alpha value is -1.92. The molecule has 118 valence electrons. The van der Waals surface area contributed by atoms with E-state index in [4.69, 9.17) is 5.26 Å². The van der Waals surface area contributed by atoms with Gasteiger partial charge in [-0.25, -0.2) is 19.9 Å². The molecule has 1 fully saturated rings. The fourth-order valence-corrected chi connectivity index (χ4v) is 3.18.